The number of hydrogen-bond donors (Lipinski definition) is 2. The normalized spacial score (nSPS) is 13.9. The maximum atomic E-state index is 12.7. The van der Waals surface area contributed by atoms with Gasteiger partial charge in [-0.15, -0.1) is 0 Å². The van der Waals surface area contributed by atoms with Crippen LogP contribution in [0.1, 0.15) is 40.7 Å². The van der Waals surface area contributed by atoms with Crippen molar-refractivity contribution in [3.8, 4) is 5.75 Å². The molecular weight excluding hydrogens is 372 g/mol. The molecule has 1 saturated heterocycles. The average molecular weight is 396 g/mol. The molecule has 152 valence electrons. The first-order chi connectivity index (χ1) is 13.8. The second-order valence-corrected chi connectivity index (χ2v) is 7.13. The molecule has 0 saturated carbocycles. The summed E-state index contributed by atoms with van der Waals surface area (Å²) in [5.41, 5.74) is 3.19. The molecule has 29 heavy (non-hydrogen) atoms. The minimum atomic E-state index is -1.06. The number of hydrogen-bond acceptors (Lipinski definition) is 4. The third kappa shape index (κ3) is 4.93. The number of piperidine rings is 1. The molecule has 0 aliphatic carbocycles. The second kappa shape index (κ2) is 8.77. The highest BCUT2D eigenvalue weighted by atomic mass is 16.5. The minimum absolute atomic E-state index is 0.0999. The lowest BCUT2D eigenvalue weighted by Gasteiger charge is -2.27. The number of rotatable bonds is 6. The zero-order valence-electron chi connectivity index (χ0n) is 16.5. The van der Waals surface area contributed by atoms with Crippen molar-refractivity contribution in [2.75, 3.05) is 23.4 Å². The van der Waals surface area contributed by atoms with Crippen molar-refractivity contribution in [2.24, 2.45) is 0 Å². The van der Waals surface area contributed by atoms with Gasteiger partial charge in [0.15, 0.2) is 6.61 Å². The highest BCUT2D eigenvalue weighted by molar-refractivity contribution is 6.05. The smallest absolute Gasteiger partial charge is 0.341 e. The summed E-state index contributed by atoms with van der Waals surface area (Å²) in [5, 5.41) is 11.6. The van der Waals surface area contributed by atoms with Crippen molar-refractivity contribution < 1.29 is 24.2 Å². The fourth-order valence-electron chi connectivity index (χ4n) is 3.48. The van der Waals surface area contributed by atoms with Crippen LogP contribution in [0, 0.1) is 13.8 Å². The predicted molar refractivity (Wildman–Crippen MR) is 110 cm³/mol. The second-order valence-electron chi connectivity index (χ2n) is 7.13. The molecule has 2 aromatic rings. The van der Waals surface area contributed by atoms with E-state index in [-0.39, 0.29) is 11.8 Å². The van der Waals surface area contributed by atoms with E-state index in [0.29, 0.717) is 41.1 Å². The third-order valence-electron chi connectivity index (χ3n) is 4.80. The van der Waals surface area contributed by atoms with E-state index in [1.165, 1.54) is 0 Å². The maximum absolute atomic E-state index is 12.7. The number of nitrogens with one attached hydrogen (secondary N) is 1. The number of carbonyl (C=O) groups is 3. The fraction of sp³-hybridized carbons (Fsp3) is 0.318. The molecule has 1 aliphatic rings. The number of carboxylic acid groups (broad SMARTS) is 1. The molecule has 1 heterocycles. The van der Waals surface area contributed by atoms with Crippen LogP contribution in [0.25, 0.3) is 0 Å². The predicted octanol–water partition coefficient (Wildman–Crippen LogP) is 3.54. The molecule has 0 atom stereocenters. The van der Waals surface area contributed by atoms with Crippen LogP contribution in [0.15, 0.2) is 36.4 Å². The van der Waals surface area contributed by atoms with E-state index >= 15 is 0 Å². The molecule has 2 aromatic carbocycles. The number of carbonyl (C=O) groups excluding carboxylic acids is 2. The van der Waals surface area contributed by atoms with Crippen LogP contribution in [-0.4, -0.2) is 36.0 Å². The summed E-state index contributed by atoms with van der Waals surface area (Å²) in [6.45, 7) is 3.79. The van der Waals surface area contributed by atoms with Crippen molar-refractivity contribution in [1.82, 2.24) is 0 Å². The Labute approximate surface area is 169 Å². The van der Waals surface area contributed by atoms with Crippen LogP contribution < -0.4 is 15.0 Å². The molecule has 0 unspecified atom stereocenters. The number of anilines is 2. The zero-order valence-corrected chi connectivity index (χ0v) is 16.5. The number of nitrogens with zero attached hydrogens (tertiary/aromatic N) is 1. The van der Waals surface area contributed by atoms with Gasteiger partial charge in [0.05, 0.1) is 0 Å². The van der Waals surface area contributed by atoms with Gasteiger partial charge in [-0.2, -0.15) is 0 Å². The molecule has 0 spiro atoms. The van der Waals surface area contributed by atoms with Gasteiger partial charge < -0.3 is 20.1 Å². The summed E-state index contributed by atoms with van der Waals surface area (Å²) in [7, 11) is 0. The highest BCUT2D eigenvalue weighted by Gasteiger charge is 2.20. The van der Waals surface area contributed by atoms with Gasteiger partial charge >= 0.3 is 5.97 Å². The first kappa shape index (κ1) is 20.4. The summed E-state index contributed by atoms with van der Waals surface area (Å²) in [5.74, 6) is -0.779. The SMILES string of the molecule is Cc1cc(C(=O)Nc2cccc(N3CCCCC3=O)c2)cc(C)c1OCC(=O)O. The minimum Gasteiger partial charge on any atom is -0.481 e. The molecule has 2 N–H and O–H groups in total. The van der Waals surface area contributed by atoms with Crippen LogP contribution >= 0.6 is 0 Å². The Kier molecular flexibility index (Phi) is 6.16. The summed E-state index contributed by atoms with van der Waals surface area (Å²) in [6.07, 6.45) is 2.43. The molecule has 0 bridgehead atoms. The maximum Gasteiger partial charge on any atom is 0.341 e. The Balaban J connectivity index is 1.76. The van der Waals surface area contributed by atoms with Crippen molar-refractivity contribution >= 4 is 29.2 Å². The van der Waals surface area contributed by atoms with Gasteiger partial charge in [-0.05, 0) is 68.1 Å². The van der Waals surface area contributed by atoms with Gasteiger partial charge in [-0.1, -0.05) is 6.07 Å². The van der Waals surface area contributed by atoms with Crippen LogP contribution in [0.4, 0.5) is 11.4 Å². The quantitative estimate of drug-likeness (QED) is 0.779. The Hall–Kier alpha value is -3.35. The van der Waals surface area contributed by atoms with Crippen molar-refractivity contribution in [2.45, 2.75) is 33.1 Å². The van der Waals surface area contributed by atoms with E-state index in [1.54, 1.807) is 43.0 Å². The average Bonchev–Trinajstić information content (AvgIpc) is 2.67. The summed E-state index contributed by atoms with van der Waals surface area (Å²) in [6, 6.07) is 10.6. The number of benzene rings is 2. The Bertz CT molecular complexity index is 931. The lowest BCUT2D eigenvalue weighted by molar-refractivity contribution is -0.139. The van der Waals surface area contributed by atoms with Crippen molar-refractivity contribution in [1.29, 1.82) is 0 Å². The van der Waals surface area contributed by atoms with E-state index < -0.39 is 12.6 Å². The van der Waals surface area contributed by atoms with Crippen LogP contribution in [0.2, 0.25) is 0 Å². The van der Waals surface area contributed by atoms with Gasteiger partial charge in [0.1, 0.15) is 5.75 Å². The largest absolute Gasteiger partial charge is 0.481 e. The van der Waals surface area contributed by atoms with Gasteiger partial charge in [-0.3, -0.25) is 9.59 Å². The summed E-state index contributed by atoms with van der Waals surface area (Å²) < 4.78 is 5.31. The van der Waals surface area contributed by atoms with E-state index in [4.69, 9.17) is 9.84 Å². The molecule has 7 nitrogen and oxygen atoms in total. The van der Waals surface area contributed by atoms with E-state index in [9.17, 15) is 14.4 Å². The number of aryl methyl sites for hydroxylation is 2. The molecule has 2 amide bonds. The van der Waals surface area contributed by atoms with Gasteiger partial charge in [0.2, 0.25) is 5.91 Å². The van der Waals surface area contributed by atoms with Gasteiger partial charge in [0.25, 0.3) is 5.91 Å². The lowest BCUT2D eigenvalue weighted by atomic mass is 10.0. The standard InChI is InChI=1S/C22H24N2O5/c1-14-10-16(11-15(2)21(14)29-13-20(26)27)22(28)23-17-6-5-7-18(12-17)24-9-4-3-8-19(24)25/h5-7,10-12H,3-4,8-9,13H2,1-2H3,(H,23,28)(H,26,27). The van der Waals surface area contributed by atoms with E-state index in [1.807, 2.05) is 12.1 Å². The van der Waals surface area contributed by atoms with Crippen LogP contribution in [0.5, 0.6) is 5.75 Å². The first-order valence-corrected chi connectivity index (χ1v) is 9.53. The molecule has 7 heteroatoms. The van der Waals surface area contributed by atoms with Crippen LogP contribution in [0.3, 0.4) is 0 Å². The first-order valence-electron chi connectivity index (χ1n) is 9.53. The van der Waals surface area contributed by atoms with Crippen LogP contribution in [-0.2, 0) is 9.59 Å². The Morgan fingerprint density at radius 1 is 1.14 bits per heavy atom. The molecule has 0 aromatic heterocycles. The van der Waals surface area contributed by atoms with E-state index in [2.05, 4.69) is 5.32 Å². The fourth-order valence-corrected chi connectivity index (χ4v) is 3.48. The number of amides is 2. The molecule has 1 aliphatic heterocycles. The number of aliphatic carboxylic acids is 1. The number of carboxylic acids is 1. The number of ether oxygens (including phenoxy) is 1. The molecular formula is C22H24N2O5. The highest BCUT2D eigenvalue weighted by Crippen LogP contribution is 2.27. The molecule has 1 fully saturated rings. The lowest BCUT2D eigenvalue weighted by Crippen LogP contribution is -2.35. The van der Waals surface area contributed by atoms with Gasteiger partial charge in [-0.25, -0.2) is 4.79 Å². The summed E-state index contributed by atoms with van der Waals surface area (Å²) in [4.78, 5) is 37.3. The third-order valence-corrected chi connectivity index (χ3v) is 4.80. The Morgan fingerprint density at radius 2 is 1.86 bits per heavy atom. The molecule has 0 radical (unpaired) electrons. The van der Waals surface area contributed by atoms with Crippen molar-refractivity contribution in [3.63, 3.8) is 0 Å². The zero-order chi connectivity index (χ0) is 21.0. The van der Waals surface area contributed by atoms with E-state index in [0.717, 1.165) is 18.5 Å². The monoisotopic (exact) mass is 396 g/mol. The van der Waals surface area contributed by atoms with Crippen molar-refractivity contribution in [3.05, 3.63) is 53.1 Å². The summed E-state index contributed by atoms with van der Waals surface area (Å²) >= 11 is 0. The molecule has 3 rings (SSSR count). The van der Waals surface area contributed by atoms with Gasteiger partial charge in [0, 0.05) is 29.9 Å². The Morgan fingerprint density at radius 3 is 2.52 bits per heavy atom. The topological polar surface area (TPSA) is 95.9 Å².